The Balaban J connectivity index is 1.68. The zero-order valence-electron chi connectivity index (χ0n) is 14.6. The molecule has 3 rings (SSSR count). The number of rotatable bonds is 5. The first-order chi connectivity index (χ1) is 12.5. The van der Waals surface area contributed by atoms with Crippen molar-refractivity contribution in [2.75, 3.05) is 11.9 Å². The molecule has 0 aliphatic carbocycles. The Kier molecular flexibility index (Phi) is 5.17. The average molecular weight is 349 g/mol. The minimum Gasteiger partial charge on any atom is -0.462 e. The van der Waals surface area contributed by atoms with Gasteiger partial charge in [0.05, 0.1) is 12.2 Å². The monoisotopic (exact) mass is 349 g/mol. The topological polar surface area (TPSA) is 68.5 Å². The van der Waals surface area contributed by atoms with Crippen LogP contribution >= 0.6 is 0 Å². The summed E-state index contributed by atoms with van der Waals surface area (Å²) in [6.45, 7) is 4.04. The van der Waals surface area contributed by atoms with Crippen LogP contribution in [0.15, 0.2) is 59.0 Å². The predicted molar refractivity (Wildman–Crippen MR) is 101 cm³/mol. The number of benzene rings is 2. The fourth-order valence-electron chi connectivity index (χ4n) is 2.52. The van der Waals surface area contributed by atoms with Gasteiger partial charge in [-0.2, -0.15) is 0 Å². The molecule has 0 radical (unpaired) electrons. The second-order valence-electron chi connectivity index (χ2n) is 5.81. The Morgan fingerprint density at radius 3 is 2.81 bits per heavy atom. The number of hydrogen-bond acceptors (Lipinski definition) is 4. The highest BCUT2D eigenvalue weighted by molar-refractivity contribution is 6.02. The molecule has 1 N–H and O–H groups in total. The zero-order valence-corrected chi connectivity index (χ0v) is 14.6. The standard InChI is InChI=1S/C21H19NO4/c1-3-25-21(24)16-5-4-6-17(12-16)22-20(23)10-9-18-13-15-8-7-14(2)11-19(15)26-18/h4-13H,3H2,1-2H3,(H,22,23). The van der Waals surface area contributed by atoms with E-state index in [9.17, 15) is 9.59 Å². The maximum Gasteiger partial charge on any atom is 0.338 e. The number of carbonyl (C=O) groups is 2. The molecule has 0 spiro atoms. The van der Waals surface area contributed by atoms with E-state index in [0.717, 1.165) is 16.5 Å². The number of carbonyl (C=O) groups excluding carboxylic acids is 2. The van der Waals surface area contributed by atoms with Crippen LogP contribution in [0.2, 0.25) is 0 Å². The molecule has 3 aromatic rings. The fraction of sp³-hybridized carbons (Fsp3) is 0.143. The van der Waals surface area contributed by atoms with Gasteiger partial charge in [0.25, 0.3) is 0 Å². The molecule has 0 aliphatic heterocycles. The van der Waals surface area contributed by atoms with Gasteiger partial charge in [-0.3, -0.25) is 4.79 Å². The number of esters is 1. The van der Waals surface area contributed by atoms with Crippen molar-refractivity contribution < 1.29 is 18.7 Å². The van der Waals surface area contributed by atoms with Crippen molar-refractivity contribution in [3.05, 3.63) is 71.5 Å². The summed E-state index contributed by atoms with van der Waals surface area (Å²) in [4.78, 5) is 23.8. The van der Waals surface area contributed by atoms with E-state index < -0.39 is 5.97 Å². The summed E-state index contributed by atoms with van der Waals surface area (Å²) in [6, 6.07) is 14.4. The Labute approximate surface area is 151 Å². The predicted octanol–water partition coefficient (Wildman–Crippen LogP) is 4.57. The van der Waals surface area contributed by atoms with E-state index >= 15 is 0 Å². The number of ether oxygens (including phenoxy) is 1. The minimum atomic E-state index is -0.420. The van der Waals surface area contributed by atoms with E-state index in [1.165, 1.54) is 6.08 Å². The zero-order chi connectivity index (χ0) is 18.5. The number of fused-ring (bicyclic) bond motifs is 1. The van der Waals surface area contributed by atoms with Crippen molar-refractivity contribution in [1.29, 1.82) is 0 Å². The largest absolute Gasteiger partial charge is 0.462 e. The minimum absolute atomic E-state index is 0.301. The molecule has 0 bridgehead atoms. The molecule has 0 unspecified atom stereocenters. The molecular weight excluding hydrogens is 330 g/mol. The first-order valence-electron chi connectivity index (χ1n) is 8.31. The third kappa shape index (κ3) is 4.19. The number of furan rings is 1. The van der Waals surface area contributed by atoms with Crippen molar-refractivity contribution in [3.63, 3.8) is 0 Å². The highest BCUT2D eigenvalue weighted by Crippen LogP contribution is 2.21. The molecule has 0 saturated heterocycles. The Morgan fingerprint density at radius 2 is 2.00 bits per heavy atom. The van der Waals surface area contributed by atoms with Gasteiger partial charge in [0.15, 0.2) is 0 Å². The van der Waals surface area contributed by atoms with Gasteiger partial charge in [-0.15, -0.1) is 0 Å². The third-order valence-corrected chi connectivity index (χ3v) is 3.73. The Morgan fingerprint density at radius 1 is 1.15 bits per heavy atom. The maximum absolute atomic E-state index is 12.1. The van der Waals surface area contributed by atoms with Crippen LogP contribution in [0, 0.1) is 6.92 Å². The highest BCUT2D eigenvalue weighted by atomic mass is 16.5. The van der Waals surface area contributed by atoms with Gasteiger partial charge in [0, 0.05) is 17.1 Å². The molecule has 0 aliphatic rings. The third-order valence-electron chi connectivity index (χ3n) is 3.73. The van der Waals surface area contributed by atoms with E-state index in [1.807, 2.05) is 31.2 Å². The lowest BCUT2D eigenvalue weighted by Crippen LogP contribution is -2.09. The van der Waals surface area contributed by atoms with Crippen LogP contribution in [0.3, 0.4) is 0 Å². The van der Waals surface area contributed by atoms with Crippen molar-refractivity contribution in [2.24, 2.45) is 0 Å². The number of aryl methyl sites for hydroxylation is 1. The van der Waals surface area contributed by atoms with E-state index in [1.54, 1.807) is 37.3 Å². The molecule has 5 nitrogen and oxygen atoms in total. The lowest BCUT2D eigenvalue weighted by atomic mass is 10.2. The van der Waals surface area contributed by atoms with E-state index in [-0.39, 0.29) is 5.91 Å². The van der Waals surface area contributed by atoms with Gasteiger partial charge in [-0.05, 0) is 55.8 Å². The molecule has 0 saturated carbocycles. The Bertz CT molecular complexity index is 985. The van der Waals surface area contributed by atoms with Gasteiger partial charge in [0.1, 0.15) is 11.3 Å². The van der Waals surface area contributed by atoms with Crippen LogP contribution in [0.1, 0.15) is 28.6 Å². The smallest absolute Gasteiger partial charge is 0.338 e. The molecule has 1 aromatic heterocycles. The summed E-state index contributed by atoms with van der Waals surface area (Å²) >= 11 is 0. The van der Waals surface area contributed by atoms with Crippen LogP contribution in [0.5, 0.6) is 0 Å². The van der Waals surface area contributed by atoms with E-state index in [0.29, 0.717) is 23.6 Å². The summed E-state index contributed by atoms with van der Waals surface area (Å²) in [7, 11) is 0. The molecule has 0 fully saturated rings. The molecular formula is C21H19NO4. The molecule has 5 heteroatoms. The lowest BCUT2D eigenvalue weighted by molar-refractivity contribution is -0.111. The van der Waals surface area contributed by atoms with Crippen LogP contribution in [-0.4, -0.2) is 18.5 Å². The first-order valence-corrected chi connectivity index (χ1v) is 8.31. The van der Waals surface area contributed by atoms with Gasteiger partial charge in [0.2, 0.25) is 5.91 Å². The normalized spacial score (nSPS) is 11.0. The molecule has 0 atom stereocenters. The van der Waals surface area contributed by atoms with Gasteiger partial charge >= 0.3 is 5.97 Å². The van der Waals surface area contributed by atoms with Crippen molar-refractivity contribution in [3.8, 4) is 0 Å². The van der Waals surface area contributed by atoms with Crippen LogP contribution in [-0.2, 0) is 9.53 Å². The van der Waals surface area contributed by atoms with Crippen LogP contribution in [0.4, 0.5) is 5.69 Å². The molecule has 1 heterocycles. The quantitative estimate of drug-likeness (QED) is 0.541. The molecule has 2 aromatic carbocycles. The Hall–Kier alpha value is -3.34. The summed E-state index contributed by atoms with van der Waals surface area (Å²) in [5.41, 5.74) is 2.81. The summed E-state index contributed by atoms with van der Waals surface area (Å²) < 4.78 is 10.7. The first kappa shape index (κ1) is 17.5. The van der Waals surface area contributed by atoms with E-state index in [4.69, 9.17) is 9.15 Å². The number of amides is 1. The summed E-state index contributed by atoms with van der Waals surface area (Å²) in [5, 5.41) is 3.70. The highest BCUT2D eigenvalue weighted by Gasteiger charge is 2.08. The fourth-order valence-corrected chi connectivity index (χ4v) is 2.52. The van der Waals surface area contributed by atoms with Crippen LogP contribution in [0.25, 0.3) is 17.0 Å². The lowest BCUT2D eigenvalue weighted by Gasteiger charge is -2.05. The SMILES string of the molecule is CCOC(=O)c1cccc(NC(=O)C=Cc2cc3ccc(C)cc3o2)c1. The molecule has 132 valence electrons. The second kappa shape index (κ2) is 7.70. The molecule has 1 amide bonds. The summed E-state index contributed by atoms with van der Waals surface area (Å²) in [6.07, 6.45) is 3.00. The van der Waals surface area contributed by atoms with Gasteiger partial charge in [-0.25, -0.2) is 4.79 Å². The number of nitrogens with one attached hydrogen (secondary N) is 1. The summed E-state index contributed by atoms with van der Waals surface area (Å²) in [5.74, 6) is -0.139. The van der Waals surface area contributed by atoms with Crippen molar-refractivity contribution >= 4 is 34.6 Å². The van der Waals surface area contributed by atoms with Gasteiger partial charge < -0.3 is 14.5 Å². The van der Waals surface area contributed by atoms with Crippen LogP contribution < -0.4 is 5.32 Å². The second-order valence-corrected chi connectivity index (χ2v) is 5.81. The number of anilines is 1. The van der Waals surface area contributed by atoms with Gasteiger partial charge in [-0.1, -0.05) is 18.2 Å². The van der Waals surface area contributed by atoms with Crippen molar-refractivity contribution in [2.45, 2.75) is 13.8 Å². The molecule has 26 heavy (non-hydrogen) atoms. The number of hydrogen-bond donors (Lipinski definition) is 1. The van der Waals surface area contributed by atoms with Crippen molar-refractivity contribution in [1.82, 2.24) is 0 Å². The maximum atomic E-state index is 12.1. The van der Waals surface area contributed by atoms with E-state index in [2.05, 4.69) is 5.32 Å². The average Bonchev–Trinajstić information content (AvgIpc) is 3.02.